The lowest BCUT2D eigenvalue weighted by molar-refractivity contribution is -0.0505. The smallest absolute Gasteiger partial charge is 0.387 e. The minimum absolute atomic E-state index is 0.120. The Morgan fingerprint density at radius 2 is 0.667 bits per heavy atom. The van der Waals surface area contributed by atoms with Crippen molar-refractivity contribution >= 4 is 24.3 Å². The van der Waals surface area contributed by atoms with Gasteiger partial charge in [0.05, 0.1) is 0 Å². The van der Waals surface area contributed by atoms with Crippen molar-refractivity contribution in [3.8, 4) is 11.5 Å². The summed E-state index contributed by atoms with van der Waals surface area (Å²) >= 11 is 0. The van der Waals surface area contributed by atoms with Crippen molar-refractivity contribution in [1.29, 1.82) is 0 Å². The summed E-state index contributed by atoms with van der Waals surface area (Å²) in [6, 6.07) is 20.6. The van der Waals surface area contributed by atoms with E-state index in [2.05, 4.69) is 9.47 Å². The molecule has 0 saturated heterocycles. The maximum Gasteiger partial charge on any atom is 0.387 e. The van der Waals surface area contributed by atoms with E-state index >= 15 is 0 Å². The number of hydrogen-bond acceptors (Lipinski definition) is 2. The van der Waals surface area contributed by atoms with E-state index in [1.807, 2.05) is 48.6 Å². The fraction of sp³-hybridized carbons (Fsp3) is 0.0833. The quantitative estimate of drug-likeness (QED) is 0.286. The third-order valence-electron chi connectivity index (χ3n) is 4.08. The molecule has 30 heavy (non-hydrogen) atoms. The molecule has 0 aliphatic heterocycles. The maximum absolute atomic E-state index is 12.2. The zero-order chi connectivity index (χ0) is 21.3. The number of hydrogen-bond donors (Lipinski definition) is 0. The van der Waals surface area contributed by atoms with Gasteiger partial charge in [-0.3, -0.25) is 0 Å². The Balaban J connectivity index is 1.58. The van der Waals surface area contributed by atoms with Crippen LogP contribution in [0, 0.1) is 0 Å². The van der Waals surface area contributed by atoms with Gasteiger partial charge in [-0.1, -0.05) is 72.8 Å². The average Bonchev–Trinajstić information content (AvgIpc) is 2.73. The van der Waals surface area contributed by atoms with E-state index in [0.29, 0.717) is 0 Å². The second-order valence-corrected chi connectivity index (χ2v) is 6.23. The van der Waals surface area contributed by atoms with Crippen LogP contribution in [0.15, 0.2) is 72.8 Å². The summed E-state index contributed by atoms with van der Waals surface area (Å²) in [6.07, 6.45) is 7.58. The molecule has 0 atom stereocenters. The molecule has 0 aliphatic rings. The van der Waals surface area contributed by atoms with Crippen molar-refractivity contribution in [1.82, 2.24) is 0 Å². The normalized spacial score (nSPS) is 11.7. The lowest BCUT2D eigenvalue weighted by atomic mass is 10.1. The first kappa shape index (κ1) is 21.2. The summed E-state index contributed by atoms with van der Waals surface area (Å²) in [4.78, 5) is 0. The lowest BCUT2D eigenvalue weighted by Gasteiger charge is -2.04. The molecule has 0 heterocycles. The predicted octanol–water partition coefficient (Wildman–Crippen LogP) is 7.23. The monoisotopic (exact) mass is 414 g/mol. The van der Waals surface area contributed by atoms with E-state index in [9.17, 15) is 17.6 Å². The van der Waals surface area contributed by atoms with E-state index in [1.54, 1.807) is 24.3 Å². The largest absolute Gasteiger partial charge is 0.435 e. The molecule has 0 fully saturated rings. The van der Waals surface area contributed by atoms with E-state index in [1.165, 1.54) is 24.3 Å². The number of alkyl halides is 4. The van der Waals surface area contributed by atoms with Crippen LogP contribution in [-0.4, -0.2) is 13.2 Å². The van der Waals surface area contributed by atoms with Crippen molar-refractivity contribution in [2.45, 2.75) is 13.2 Å². The Morgan fingerprint density at radius 1 is 0.433 bits per heavy atom. The van der Waals surface area contributed by atoms with E-state index in [-0.39, 0.29) is 11.5 Å². The molecular weight excluding hydrogens is 396 g/mol. The van der Waals surface area contributed by atoms with Crippen molar-refractivity contribution in [2.75, 3.05) is 0 Å². The highest BCUT2D eigenvalue weighted by Crippen LogP contribution is 2.18. The lowest BCUT2D eigenvalue weighted by Crippen LogP contribution is -2.01. The molecule has 0 unspecified atom stereocenters. The second-order valence-electron chi connectivity index (χ2n) is 6.23. The van der Waals surface area contributed by atoms with Gasteiger partial charge in [-0.2, -0.15) is 17.6 Å². The van der Waals surface area contributed by atoms with Crippen LogP contribution in [0.5, 0.6) is 11.5 Å². The Labute approximate surface area is 171 Å². The molecule has 0 aliphatic carbocycles. The first-order chi connectivity index (χ1) is 14.5. The van der Waals surface area contributed by atoms with Gasteiger partial charge in [0.1, 0.15) is 11.5 Å². The first-order valence-electron chi connectivity index (χ1n) is 9.04. The molecular formula is C24H18F4O2. The van der Waals surface area contributed by atoms with E-state index in [0.717, 1.165) is 22.3 Å². The molecule has 154 valence electrons. The van der Waals surface area contributed by atoms with Crippen molar-refractivity contribution in [3.05, 3.63) is 95.1 Å². The number of benzene rings is 3. The fourth-order valence-corrected chi connectivity index (χ4v) is 2.62. The van der Waals surface area contributed by atoms with Crippen LogP contribution in [-0.2, 0) is 0 Å². The van der Waals surface area contributed by atoms with Crippen molar-refractivity contribution < 1.29 is 27.0 Å². The van der Waals surface area contributed by atoms with Crippen LogP contribution in [0.2, 0.25) is 0 Å². The summed E-state index contributed by atoms with van der Waals surface area (Å²) in [5, 5.41) is 0. The summed E-state index contributed by atoms with van der Waals surface area (Å²) in [5.74, 6) is 0.240. The second kappa shape index (κ2) is 10.3. The highest BCUT2D eigenvalue weighted by Gasteiger charge is 2.03. The average molecular weight is 414 g/mol. The molecule has 0 radical (unpaired) electrons. The SMILES string of the molecule is FC(F)Oc1ccc(C=Cc2ccc(C=Cc3ccc(OC(F)F)cc3)cc2)cc1. The van der Waals surface area contributed by atoms with Crippen LogP contribution in [0.25, 0.3) is 24.3 Å². The van der Waals surface area contributed by atoms with Gasteiger partial charge < -0.3 is 9.47 Å². The maximum atomic E-state index is 12.2. The van der Waals surface area contributed by atoms with Gasteiger partial charge >= 0.3 is 13.2 Å². The predicted molar refractivity (Wildman–Crippen MR) is 110 cm³/mol. The van der Waals surface area contributed by atoms with Gasteiger partial charge in [0.2, 0.25) is 0 Å². The first-order valence-corrected chi connectivity index (χ1v) is 9.04. The summed E-state index contributed by atoms with van der Waals surface area (Å²) < 4.78 is 57.3. The Morgan fingerprint density at radius 3 is 0.900 bits per heavy atom. The zero-order valence-corrected chi connectivity index (χ0v) is 15.7. The third kappa shape index (κ3) is 6.81. The van der Waals surface area contributed by atoms with Crippen LogP contribution >= 0.6 is 0 Å². The van der Waals surface area contributed by atoms with Gasteiger partial charge in [-0.05, 0) is 46.5 Å². The van der Waals surface area contributed by atoms with Gasteiger partial charge in [0.15, 0.2) is 0 Å². The third-order valence-corrected chi connectivity index (χ3v) is 4.08. The summed E-state index contributed by atoms with van der Waals surface area (Å²) in [5.41, 5.74) is 3.68. The molecule has 0 saturated carbocycles. The topological polar surface area (TPSA) is 18.5 Å². The molecule has 0 aromatic heterocycles. The Kier molecular flexibility index (Phi) is 7.27. The standard InChI is InChI=1S/C24H18F4O2/c25-23(26)29-21-13-9-19(10-14-21)7-5-17-1-2-18(4-3-17)6-8-20-11-15-22(16-12-20)30-24(27)28/h1-16,23-24H. The minimum Gasteiger partial charge on any atom is -0.435 e. The molecule has 0 amide bonds. The summed E-state index contributed by atoms with van der Waals surface area (Å²) in [7, 11) is 0. The highest BCUT2D eigenvalue weighted by atomic mass is 19.3. The molecule has 3 aromatic carbocycles. The van der Waals surface area contributed by atoms with Crippen LogP contribution in [0.4, 0.5) is 17.6 Å². The van der Waals surface area contributed by atoms with E-state index in [4.69, 9.17) is 0 Å². The molecule has 0 spiro atoms. The van der Waals surface area contributed by atoms with Crippen molar-refractivity contribution in [3.63, 3.8) is 0 Å². The van der Waals surface area contributed by atoms with Crippen LogP contribution in [0.1, 0.15) is 22.3 Å². The van der Waals surface area contributed by atoms with Gasteiger partial charge in [-0.25, -0.2) is 0 Å². The molecule has 0 bridgehead atoms. The molecule has 3 rings (SSSR count). The Bertz CT molecular complexity index is 895. The van der Waals surface area contributed by atoms with Gasteiger partial charge in [0.25, 0.3) is 0 Å². The Hall–Kier alpha value is -3.54. The van der Waals surface area contributed by atoms with Crippen LogP contribution < -0.4 is 9.47 Å². The zero-order valence-electron chi connectivity index (χ0n) is 15.7. The molecule has 3 aromatic rings. The molecule has 0 N–H and O–H groups in total. The molecule has 2 nitrogen and oxygen atoms in total. The van der Waals surface area contributed by atoms with Gasteiger partial charge in [-0.15, -0.1) is 0 Å². The molecule has 6 heteroatoms. The van der Waals surface area contributed by atoms with E-state index < -0.39 is 13.2 Å². The number of halogens is 4. The number of rotatable bonds is 8. The minimum atomic E-state index is -2.84. The number of ether oxygens (including phenoxy) is 2. The van der Waals surface area contributed by atoms with Crippen LogP contribution in [0.3, 0.4) is 0 Å². The van der Waals surface area contributed by atoms with Crippen molar-refractivity contribution in [2.24, 2.45) is 0 Å². The van der Waals surface area contributed by atoms with Gasteiger partial charge in [0, 0.05) is 0 Å². The fourth-order valence-electron chi connectivity index (χ4n) is 2.62. The summed E-state index contributed by atoms with van der Waals surface area (Å²) in [6.45, 7) is -5.67. The highest BCUT2D eigenvalue weighted by molar-refractivity contribution is 5.73.